The molecule has 0 saturated carbocycles. The molecule has 7 nitrogen and oxygen atoms in total. The molecular weight excluding hydrogens is 416 g/mol. The van der Waals surface area contributed by atoms with Gasteiger partial charge in [-0.05, 0) is 41.5 Å². The molecule has 0 unspecified atom stereocenters. The first-order chi connectivity index (χ1) is 13.9. The maximum absolute atomic E-state index is 13.3. The molecule has 2 N–H and O–H groups in total. The molecule has 1 amide bonds. The van der Waals surface area contributed by atoms with Crippen LogP contribution in [0.15, 0.2) is 70.2 Å². The third-order valence-electron chi connectivity index (χ3n) is 4.92. The lowest BCUT2D eigenvalue weighted by molar-refractivity contribution is -0.133. The van der Waals surface area contributed by atoms with Crippen LogP contribution >= 0.6 is 11.6 Å². The molecule has 3 aromatic rings. The number of benzene rings is 2. The van der Waals surface area contributed by atoms with E-state index in [1.54, 1.807) is 35.8 Å². The van der Waals surface area contributed by atoms with Gasteiger partial charge in [-0.1, -0.05) is 35.9 Å². The SMILES string of the molecule is O=C(NO)[C@H]1c2ccoc2CCN1S(=O)(=O)c1ccc(-c2ccc(Cl)cc2)cc1. The van der Waals surface area contributed by atoms with Gasteiger partial charge in [-0.3, -0.25) is 10.0 Å². The lowest BCUT2D eigenvalue weighted by atomic mass is 10.0. The monoisotopic (exact) mass is 432 g/mol. The lowest BCUT2D eigenvalue weighted by Gasteiger charge is -2.32. The Labute approximate surface area is 172 Å². The zero-order valence-corrected chi connectivity index (χ0v) is 16.7. The summed E-state index contributed by atoms with van der Waals surface area (Å²) in [6.07, 6.45) is 1.74. The van der Waals surface area contributed by atoms with Crippen molar-refractivity contribution in [3.05, 3.63) is 77.2 Å². The second kappa shape index (κ2) is 7.64. The number of halogens is 1. The minimum Gasteiger partial charge on any atom is -0.469 e. The van der Waals surface area contributed by atoms with Gasteiger partial charge in [-0.25, -0.2) is 13.9 Å². The average molecular weight is 433 g/mol. The molecule has 0 bridgehead atoms. The van der Waals surface area contributed by atoms with E-state index in [1.165, 1.54) is 18.4 Å². The molecule has 2 aromatic carbocycles. The van der Waals surface area contributed by atoms with Crippen LogP contribution in [0, 0.1) is 0 Å². The van der Waals surface area contributed by atoms with Gasteiger partial charge in [-0.2, -0.15) is 4.31 Å². The lowest BCUT2D eigenvalue weighted by Crippen LogP contribution is -2.46. The van der Waals surface area contributed by atoms with Crippen LogP contribution < -0.4 is 5.48 Å². The number of hydroxylamine groups is 1. The van der Waals surface area contributed by atoms with E-state index in [0.29, 0.717) is 22.8 Å². The Morgan fingerprint density at radius 3 is 2.31 bits per heavy atom. The highest BCUT2D eigenvalue weighted by Crippen LogP contribution is 2.35. The first-order valence-electron chi connectivity index (χ1n) is 8.80. The van der Waals surface area contributed by atoms with Crippen LogP contribution in [0.1, 0.15) is 17.4 Å². The first kappa shape index (κ1) is 19.7. The number of carbonyl (C=O) groups excluding carboxylic acids is 1. The largest absolute Gasteiger partial charge is 0.469 e. The molecule has 1 aliphatic rings. The minimum absolute atomic E-state index is 0.0536. The number of fused-ring (bicyclic) bond motifs is 1. The first-order valence-corrected chi connectivity index (χ1v) is 10.6. The van der Waals surface area contributed by atoms with Crippen molar-refractivity contribution in [2.45, 2.75) is 17.4 Å². The number of furan rings is 1. The van der Waals surface area contributed by atoms with E-state index in [4.69, 9.17) is 21.2 Å². The van der Waals surface area contributed by atoms with E-state index in [9.17, 15) is 13.2 Å². The molecule has 0 fully saturated rings. The molecule has 29 heavy (non-hydrogen) atoms. The number of sulfonamides is 1. The maximum atomic E-state index is 13.3. The minimum atomic E-state index is -3.99. The quantitative estimate of drug-likeness (QED) is 0.486. The molecular formula is C20H17ClN2O5S. The van der Waals surface area contributed by atoms with Gasteiger partial charge in [0, 0.05) is 23.6 Å². The Morgan fingerprint density at radius 2 is 1.69 bits per heavy atom. The van der Waals surface area contributed by atoms with E-state index in [0.717, 1.165) is 15.4 Å². The van der Waals surface area contributed by atoms with Crippen molar-refractivity contribution >= 4 is 27.5 Å². The van der Waals surface area contributed by atoms with Gasteiger partial charge in [0.1, 0.15) is 11.8 Å². The fourth-order valence-electron chi connectivity index (χ4n) is 3.48. The van der Waals surface area contributed by atoms with Crippen LogP contribution in [0.25, 0.3) is 11.1 Å². The van der Waals surface area contributed by atoms with Crippen LogP contribution in [0.5, 0.6) is 0 Å². The van der Waals surface area contributed by atoms with Gasteiger partial charge < -0.3 is 4.42 Å². The Bertz CT molecular complexity index is 1140. The maximum Gasteiger partial charge on any atom is 0.266 e. The van der Waals surface area contributed by atoms with Crippen molar-refractivity contribution in [1.29, 1.82) is 0 Å². The van der Waals surface area contributed by atoms with Crippen LogP contribution in [0.3, 0.4) is 0 Å². The summed E-state index contributed by atoms with van der Waals surface area (Å²) in [6, 6.07) is 13.9. The number of carbonyl (C=O) groups is 1. The molecule has 150 valence electrons. The predicted molar refractivity (Wildman–Crippen MR) is 106 cm³/mol. The third-order valence-corrected chi connectivity index (χ3v) is 7.05. The van der Waals surface area contributed by atoms with Crippen molar-refractivity contribution in [1.82, 2.24) is 9.79 Å². The van der Waals surface area contributed by atoms with Gasteiger partial charge in [0.15, 0.2) is 0 Å². The van der Waals surface area contributed by atoms with Crippen LogP contribution in [-0.2, 0) is 21.2 Å². The summed E-state index contributed by atoms with van der Waals surface area (Å²) >= 11 is 5.91. The van der Waals surface area contributed by atoms with Crippen LogP contribution in [-0.4, -0.2) is 30.4 Å². The normalized spacial score (nSPS) is 17.0. The number of amides is 1. The molecule has 0 spiro atoms. The van der Waals surface area contributed by atoms with E-state index in [-0.39, 0.29) is 11.4 Å². The topological polar surface area (TPSA) is 99.8 Å². The van der Waals surface area contributed by atoms with Crippen LogP contribution in [0.4, 0.5) is 0 Å². The molecule has 2 heterocycles. The summed E-state index contributed by atoms with van der Waals surface area (Å²) in [4.78, 5) is 12.3. The van der Waals surface area contributed by atoms with Gasteiger partial charge in [-0.15, -0.1) is 0 Å². The van der Waals surface area contributed by atoms with Gasteiger partial charge in [0.05, 0.1) is 11.2 Å². The summed E-state index contributed by atoms with van der Waals surface area (Å²) in [5, 5.41) is 9.74. The van der Waals surface area contributed by atoms with Crippen molar-refractivity contribution in [2.24, 2.45) is 0 Å². The Kier molecular flexibility index (Phi) is 5.18. The number of hydrogen-bond donors (Lipinski definition) is 2. The molecule has 4 rings (SSSR count). The van der Waals surface area contributed by atoms with Gasteiger partial charge in [0.2, 0.25) is 10.0 Å². The third kappa shape index (κ3) is 3.56. The smallest absolute Gasteiger partial charge is 0.266 e. The van der Waals surface area contributed by atoms with E-state index in [1.807, 2.05) is 12.1 Å². The predicted octanol–water partition coefficient (Wildman–Crippen LogP) is 3.39. The summed E-state index contributed by atoms with van der Waals surface area (Å²) in [5.74, 6) is -0.308. The number of nitrogens with zero attached hydrogens (tertiary/aromatic N) is 1. The molecule has 1 aromatic heterocycles. The Hall–Kier alpha value is -2.65. The van der Waals surface area contributed by atoms with E-state index in [2.05, 4.69) is 0 Å². The molecule has 0 radical (unpaired) electrons. The molecule has 1 atom stereocenters. The average Bonchev–Trinajstić information content (AvgIpc) is 3.22. The fraction of sp³-hybridized carbons (Fsp3) is 0.150. The summed E-state index contributed by atoms with van der Waals surface area (Å²) < 4.78 is 32.9. The number of rotatable bonds is 4. The number of nitrogens with one attached hydrogen (secondary N) is 1. The molecule has 9 heteroatoms. The molecule has 0 saturated heterocycles. The highest BCUT2D eigenvalue weighted by Gasteiger charge is 2.41. The van der Waals surface area contributed by atoms with E-state index >= 15 is 0 Å². The summed E-state index contributed by atoms with van der Waals surface area (Å²) in [6.45, 7) is 0.0554. The Morgan fingerprint density at radius 1 is 1.07 bits per heavy atom. The Balaban J connectivity index is 1.69. The van der Waals surface area contributed by atoms with E-state index < -0.39 is 22.0 Å². The zero-order valence-electron chi connectivity index (χ0n) is 15.1. The van der Waals surface area contributed by atoms with Gasteiger partial charge >= 0.3 is 0 Å². The highest BCUT2D eigenvalue weighted by atomic mass is 35.5. The van der Waals surface area contributed by atoms with Crippen molar-refractivity contribution in [2.75, 3.05) is 6.54 Å². The zero-order chi connectivity index (χ0) is 20.6. The van der Waals surface area contributed by atoms with Crippen molar-refractivity contribution in [3.8, 4) is 11.1 Å². The number of hydrogen-bond acceptors (Lipinski definition) is 5. The van der Waals surface area contributed by atoms with Crippen LogP contribution in [0.2, 0.25) is 5.02 Å². The van der Waals surface area contributed by atoms with Crippen molar-refractivity contribution < 1.29 is 22.8 Å². The highest BCUT2D eigenvalue weighted by molar-refractivity contribution is 7.89. The standard InChI is InChI=1S/C20H17ClN2O5S/c21-15-5-1-13(2-6-15)14-3-7-16(8-4-14)29(26,27)23-11-9-18-17(10-12-28-18)19(23)20(24)22-25/h1-8,10,12,19,25H,9,11H2,(H,22,24)/t19-/m1/s1. The summed E-state index contributed by atoms with van der Waals surface area (Å²) in [7, 11) is -3.99. The molecule has 1 aliphatic heterocycles. The fourth-order valence-corrected chi connectivity index (χ4v) is 5.18. The second-order valence-electron chi connectivity index (χ2n) is 6.57. The second-order valence-corrected chi connectivity index (χ2v) is 8.90. The van der Waals surface area contributed by atoms with Gasteiger partial charge in [0.25, 0.3) is 5.91 Å². The summed E-state index contributed by atoms with van der Waals surface area (Å²) in [5.41, 5.74) is 3.71. The van der Waals surface area contributed by atoms with Crippen molar-refractivity contribution in [3.63, 3.8) is 0 Å². The molecule has 0 aliphatic carbocycles.